The lowest BCUT2D eigenvalue weighted by Crippen LogP contribution is -2.45. The number of ether oxygens (including phenoxy) is 3. The molecule has 2 aromatic rings. The molecule has 1 saturated carbocycles. The first-order chi connectivity index (χ1) is 17.5. The predicted octanol–water partition coefficient (Wildman–Crippen LogP) is 0.844. The van der Waals surface area contributed by atoms with E-state index in [0.29, 0.717) is 42.7 Å². The van der Waals surface area contributed by atoms with Crippen LogP contribution >= 0.6 is 0 Å². The minimum absolute atomic E-state index is 0.0133. The molecule has 190 valence electrons. The van der Waals surface area contributed by atoms with Gasteiger partial charge in [0, 0.05) is 24.7 Å². The average molecular weight is 495 g/mol. The molecule has 0 unspecified atom stereocenters. The van der Waals surface area contributed by atoms with E-state index in [1.165, 1.54) is 7.11 Å². The summed E-state index contributed by atoms with van der Waals surface area (Å²) < 4.78 is 17.2. The standard InChI is InChI=1S/C26H30N4O6/c1-34-21-9-4-17-10-22(21)35-15-24(31)28-11-16-2-7-19(8-3-16)36-23-14-30(13-20(23)29-26(17)33)25(32)12-27-18-5-6-18/h2-4,7-10,18,20,23,27H,5-6,11-15H2,1H3,(H,28,31)(H,29,33)/t20-,23-/m0/s1. The third-order valence-corrected chi connectivity index (χ3v) is 6.54. The largest absolute Gasteiger partial charge is 0.493 e. The van der Waals surface area contributed by atoms with Crippen LogP contribution in [0.15, 0.2) is 42.5 Å². The normalized spacial score (nSPS) is 22.0. The number of methoxy groups -OCH3 is 1. The number of carbonyl (C=O) groups is 3. The lowest BCUT2D eigenvalue weighted by molar-refractivity contribution is -0.129. The van der Waals surface area contributed by atoms with Gasteiger partial charge in [-0.25, -0.2) is 0 Å². The summed E-state index contributed by atoms with van der Waals surface area (Å²) >= 11 is 0. The van der Waals surface area contributed by atoms with Gasteiger partial charge in [-0.05, 0) is 48.7 Å². The van der Waals surface area contributed by atoms with Crippen LogP contribution < -0.4 is 30.2 Å². The van der Waals surface area contributed by atoms with Gasteiger partial charge in [-0.15, -0.1) is 0 Å². The van der Waals surface area contributed by atoms with Gasteiger partial charge in [0.15, 0.2) is 18.1 Å². The van der Waals surface area contributed by atoms with Crippen molar-refractivity contribution < 1.29 is 28.6 Å². The van der Waals surface area contributed by atoms with Crippen molar-refractivity contribution in [1.82, 2.24) is 20.9 Å². The molecule has 3 N–H and O–H groups in total. The molecule has 2 fully saturated rings. The molecule has 4 bridgehead atoms. The summed E-state index contributed by atoms with van der Waals surface area (Å²) in [5, 5.41) is 9.09. The fraction of sp³-hybridized carbons (Fsp3) is 0.423. The van der Waals surface area contributed by atoms with Gasteiger partial charge in [0.25, 0.3) is 11.8 Å². The first-order valence-corrected chi connectivity index (χ1v) is 12.1. The smallest absolute Gasteiger partial charge is 0.258 e. The number of carbonyl (C=O) groups excluding carboxylic acids is 3. The molecule has 0 radical (unpaired) electrons. The van der Waals surface area contributed by atoms with Crippen LogP contribution in [0.1, 0.15) is 28.8 Å². The van der Waals surface area contributed by atoms with E-state index in [2.05, 4.69) is 16.0 Å². The van der Waals surface area contributed by atoms with Crippen LogP contribution in [0.2, 0.25) is 0 Å². The summed E-state index contributed by atoms with van der Waals surface area (Å²) in [6, 6.07) is 12.2. The van der Waals surface area contributed by atoms with Crippen LogP contribution in [-0.2, 0) is 16.1 Å². The number of rotatable bonds is 4. The third-order valence-electron chi connectivity index (χ3n) is 6.54. The van der Waals surface area contributed by atoms with E-state index in [0.717, 1.165) is 18.4 Å². The van der Waals surface area contributed by atoms with Crippen LogP contribution in [0.25, 0.3) is 0 Å². The minimum Gasteiger partial charge on any atom is -0.493 e. The quantitative estimate of drug-likeness (QED) is 0.577. The van der Waals surface area contributed by atoms with Crippen LogP contribution in [0.5, 0.6) is 17.2 Å². The molecule has 3 heterocycles. The zero-order valence-electron chi connectivity index (χ0n) is 20.1. The van der Waals surface area contributed by atoms with Crippen LogP contribution in [0.3, 0.4) is 0 Å². The van der Waals surface area contributed by atoms with Crippen LogP contribution in [0, 0.1) is 0 Å². The Bertz CT molecular complexity index is 1130. The van der Waals surface area contributed by atoms with Crippen LogP contribution in [0.4, 0.5) is 0 Å². The van der Waals surface area contributed by atoms with Crippen molar-refractivity contribution in [2.75, 3.05) is 33.4 Å². The summed E-state index contributed by atoms with van der Waals surface area (Å²) in [4.78, 5) is 40.0. The SMILES string of the molecule is COc1ccc2cc1OCC(=O)NCc1ccc(cc1)O[C@H]1CN(C(=O)CNC3CC3)C[C@@H]1NC2=O. The van der Waals surface area contributed by atoms with E-state index in [4.69, 9.17) is 14.2 Å². The second kappa shape index (κ2) is 10.4. The van der Waals surface area contributed by atoms with Gasteiger partial charge in [0.2, 0.25) is 5.91 Å². The zero-order chi connectivity index (χ0) is 25.1. The Balaban J connectivity index is 1.39. The van der Waals surface area contributed by atoms with Gasteiger partial charge < -0.3 is 35.1 Å². The molecule has 36 heavy (non-hydrogen) atoms. The van der Waals surface area contributed by atoms with Gasteiger partial charge in [-0.1, -0.05) is 12.1 Å². The molecule has 1 aliphatic carbocycles. The number of nitrogens with zero attached hydrogens (tertiary/aromatic N) is 1. The first kappa shape index (κ1) is 23.9. The molecule has 4 aliphatic rings. The number of likely N-dealkylation sites (tertiary alicyclic amines) is 1. The van der Waals surface area contributed by atoms with Gasteiger partial charge >= 0.3 is 0 Å². The van der Waals surface area contributed by atoms with Gasteiger partial charge in [-0.2, -0.15) is 0 Å². The van der Waals surface area contributed by atoms with Gasteiger partial charge in [0.1, 0.15) is 11.9 Å². The molecule has 3 amide bonds. The van der Waals surface area contributed by atoms with Crippen molar-refractivity contribution in [3.8, 4) is 17.2 Å². The van der Waals surface area contributed by atoms with Crippen molar-refractivity contribution in [1.29, 1.82) is 0 Å². The third kappa shape index (κ3) is 5.71. The maximum Gasteiger partial charge on any atom is 0.258 e. The van der Waals surface area contributed by atoms with E-state index in [9.17, 15) is 14.4 Å². The molecule has 1 saturated heterocycles. The predicted molar refractivity (Wildman–Crippen MR) is 130 cm³/mol. The van der Waals surface area contributed by atoms with E-state index >= 15 is 0 Å². The summed E-state index contributed by atoms with van der Waals surface area (Å²) in [5.41, 5.74) is 1.25. The number of hydrogen-bond acceptors (Lipinski definition) is 7. The molecule has 0 aromatic heterocycles. The monoisotopic (exact) mass is 494 g/mol. The fourth-order valence-corrected chi connectivity index (χ4v) is 4.30. The van der Waals surface area contributed by atoms with E-state index in [1.807, 2.05) is 24.3 Å². The van der Waals surface area contributed by atoms with Crippen molar-refractivity contribution in [2.45, 2.75) is 37.6 Å². The van der Waals surface area contributed by atoms with Gasteiger partial charge in [0.05, 0.1) is 26.2 Å². The highest BCUT2D eigenvalue weighted by Gasteiger charge is 2.38. The summed E-state index contributed by atoms with van der Waals surface area (Å²) in [6.07, 6.45) is 1.78. The molecular weight excluding hydrogens is 464 g/mol. The Hall–Kier alpha value is -3.79. The minimum atomic E-state index is -0.422. The van der Waals surface area contributed by atoms with E-state index in [-0.39, 0.29) is 36.6 Å². The maximum absolute atomic E-state index is 13.2. The summed E-state index contributed by atoms with van der Waals surface area (Å²) in [7, 11) is 1.49. The highest BCUT2D eigenvalue weighted by atomic mass is 16.5. The second-order valence-corrected chi connectivity index (χ2v) is 9.27. The van der Waals surface area contributed by atoms with Crippen molar-refractivity contribution in [3.63, 3.8) is 0 Å². The maximum atomic E-state index is 13.2. The summed E-state index contributed by atoms with van der Waals surface area (Å²) in [6.45, 7) is 1.10. The average Bonchev–Trinajstić information content (AvgIpc) is 3.65. The number of nitrogens with one attached hydrogen (secondary N) is 3. The lowest BCUT2D eigenvalue weighted by Gasteiger charge is -2.21. The highest BCUT2D eigenvalue weighted by molar-refractivity contribution is 5.95. The Kier molecular flexibility index (Phi) is 6.95. The number of fused-ring (bicyclic) bond motifs is 7. The molecule has 10 heteroatoms. The Labute approximate surface area is 209 Å². The van der Waals surface area contributed by atoms with Gasteiger partial charge in [-0.3, -0.25) is 14.4 Å². The van der Waals surface area contributed by atoms with Crippen LogP contribution in [-0.4, -0.2) is 74.2 Å². The molecule has 2 atom stereocenters. The molecule has 6 rings (SSSR count). The molecule has 0 spiro atoms. The second-order valence-electron chi connectivity index (χ2n) is 9.27. The number of benzene rings is 2. The number of hydrogen-bond donors (Lipinski definition) is 3. The van der Waals surface area contributed by atoms with Crippen molar-refractivity contribution in [2.24, 2.45) is 0 Å². The Morgan fingerprint density at radius 2 is 1.94 bits per heavy atom. The fourth-order valence-electron chi connectivity index (χ4n) is 4.30. The molecule has 10 nitrogen and oxygen atoms in total. The van der Waals surface area contributed by atoms with E-state index in [1.54, 1.807) is 23.1 Å². The van der Waals surface area contributed by atoms with Crippen molar-refractivity contribution in [3.05, 3.63) is 53.6 Å². The van der Waals surface area contributed by atoms with E-state index < -0.39 is 12.1 Å². The molecular formula is C26H30N4O6. The molecule has 2 aromatic carbocycles. The van der Waals surface area contributed by atoms with Crippen molar-refractivity contribution >= 4 is 17.7 Å². The zero-order valence-corrected chi connectivity index (χ0v) is 20.1. The summed E-state index contributed by atoms with van der Waals surface area (Å²) in [5.74, 6) is 0.674. The Morgan fingerprint density at radius 3 is 2.69 bits per heavy atom. The highest BCUT2D eigenvalue weighted by Crippen LogP contribution is 2.28. The Morgan fingerprint density at radius 1 is 1.14 bits per heavy atom. The topological polar surface area (TPSA) is 118 Å². The number of amides is 3. The molecule has 3 aliphatic heterocycles. The lowest BCUT2D eigenvalue weighted by atomic mass is 10.1. The first-order valence-electron chi connectivity index (χ1n) is 12.1.